The van der Waals surface area contributed by atoms with Crippen molar-refractivity contribution in [1.82, 2.24) is 0 Å². The molecule has 1 nitrogen and oxygen atoms in total. The molecule has 3 unspecified atom stereocenters. The molecule has 1 aliphatic rings. The summed E-state index contributed by atoms with van der Waals surface area (Å²) in [5, 5.41) is 0. The van der Waals surface area contributed by atoms with E-state index >= 15 is 0 Å². The molecule has 1 aromatic rings. The lowest BCUT2D eigenvalue weighted by Gasteiger charge is -2.19. The first kappa shape index (κ1) is 10.7. The van der Waals surface area contributed by atoms with Crippen LogP contribution in [0.3, 0.4) is 0 Å². The van der Waals surface area contributed by atoms with Gasteiger partial charge in [0.1, 0.15) is 0 Å². The van der Waals surface area contributed by atoms with Crippen LogP contribution in [0.2, 0.25) is 0 Å². The molecular weight excluding hydrogens is 182 g/mol. The molecule has 0 bridgehead atoms. The minimum atomic E-state index is 0.245. The molecule has 82 valence electrons. The van der Waals surface area contributed by atoms with Gasteiger partial charge in [-0.15, -0.1) is 0 Å². The van der Waals surface area contributed by atoms with Crippen LogP contribution in [0.25, 0.3) is 0 Å². The number of aryl methyl sites for hydroxylation is 1. The van der Waals surface area contributed by atoms with Gasteiger partial charge in [-0.25, -0.2) is 0 Å². The predicted octanol–water partition coefficient (Wildman–Crippen LogP) is 3.43. The van der Waals surface area contributed by atoms with Gasteiger partial charge in [-0.1, -0.05) is 43.2 Å². The number of benzene rings is 1. The van der Waals surface area contributed by atoms with Crippen LogP contribution in [0.15, 0.2) is 24.3 Å². The summed E-state index contributed by atoms with van der Waals surface area (Å²) < 4.78 is 0. The molecule has 0 saturated heterocycles. The number of rotatable bonds is 2. The van der Waals surface area contributed by atoms with E-state index in [0.717, 1.165) is 5.92 Å². The van der Waals surface area contributed by atoms with Crippen LogP contribution in [-0.2, 0) is 0 Å². The van der Waals surface area contributed by atoms with E-state index in [1.165, 1.54) is 30.4 Å². The van der Waals surface area contributed by atoms with Gasteiger partial charge < -0.3 is 5.73 Å². The first-order chi connectivity index (χ1) is 7.16. The highest BCUT2D eigenvalue weighted by Gasteiger charge is 2.27. The number of hydrogen-bond acceptors (Lipinski definition) is 1. The first-order valence-electron chi connectivity index (χ1n) is 5.99. The van der Waals surface area contributed by atoms with Crippen LogP contribution in [-0.4, -0.2) is 0 Å². The van der Waals surface area contributed by atoms with Crippen LogP contribution in [0.1, 0.15) is 43.4 Å². The van der Waals surface area contributed by atoms with Gasteiger partial charge in [-0.3, -0.25) is 0 Å². The van der Waals surface area contributed by atoms with Crippen molar-refractivity contribution in [2.75, 3.05) is 0 Å². The Kier molecular flexibility index (Phi) is 3.11. The lowest BCUT2D eigenvalue weighted by Crippen LogP contribution is -2.19. The molecule has 2 N–H and O–H groups in total. The van der Waals surface area contributed by atoms with Crippen LogP contribution in [0, 0.1) is 18.8 Å². The Hall–Kier alpha value is -0.820. The van der Waals surface area contributed by atoms with Crippen LogP contribution < -0.4 is 5.73 Å². The standard InChI is InChI=1S/C14H21N/c1-10-4-3-5-12(8-10)14(15)13-7-6-11(2)9-13/h3-5,8,11,13-14H,6-7,9,15H2,1-2H3. The summed E-state index contributed by atoms with van der Waals surface area (Å²) in [7, 11) is 0. The van der Waals surface area contributed by atoms with E-state index in [1.54, 1.807) is 0 Å². The maximum atomic E-state index is 6.33. The molecule has 0 aliphatic heterocycles. The Bertz CT molecular complexity index is 332. The summed E-state index contributed by atoms with van der Waals surface area (Å²) in [6.07, 6.45) is 3.95. The SMILES string of the molecule is Cc1cccc(C(N)C2CCC(C)C2)c1. The molecular formula is C14H21N. The van der Waals surface area contributed by atoms with Crippen molar-refractivity contribution in [3.8, 4) is 0 Å². The Morgan fingerprint density at radius 1 is 1.33 bits per heavy atom. The minimum absolute atomic E-state index is 0.245. The van der Waals surface area contributed by atoms with E-state index in [0.29, 0.717) is 5.92 Å². The molecule has 2 rings (SSSR count). The van der Waals surface area contributed by atoms with Crippen molar-refractivity contribution >= 4 is 0 Å². The maximum absolute atomic E-state index is 6.33. The maximum Gasteiger partial charge on any atom is 0.0323 e. The van der Waals surface area contributed by atoms with E-state index in [1.807, 2.05) is 0 Å². The lowest BCUT2D eigenvalue weighted by atomic mass is 9.91. The summed E-state index contributed by atoms with van der Waals surface area (Å²) in [6, 6.07) is 8.89. The van der Waals surface area contributed by atoms with Gasteiger partial charge in [0.2, 0.25) is 0 Å². The number of nitrogens with two attached hydrogens (primary N) is 1. The molecule has 3 atom stereocenters. The minimum Gasteiger partial charge on any atom is -0.324 e. The Morgan fingerprint density at radius 2 is 2.13 bits per heavy atom. The van der Waals surface area contributed by atoms with Crippen molar-refractivity contribution in [2.45, 2.75) is 39.2 Å². The zero-order valence-electron chi connectivity index (χ0n) is 9.74. The van der Waals surface area contributed by atoms with E-state index in [-0.39, 0.29) is 6.04 Å². The van der Waals surface area contributed by atoms with Crippen molar-refractivity contribution in [3.63, 3.8) is 0 Å². The summed E-state index contributed by atoms with van der Waals surface area (Å²) in [5.41, 5.74) is 8.96. The molecule has 0 radical (unpaired) electrons. The average Bonchev–Trinajstić information content (AvgIpc) is 2.64. The second-order valence-corrected chi connectivity index (χ2v) is 5.12. The Balaban J connectivity index is 2.10. The van der Waals surface area contributed by atoms with Crippen molar-refractivity contribution in [2.24, 2.45) is 17.6 Å². The zero-order valence-corrected chi connectivity index (χ0v) is 9.74. The Morgan fingerprint density at radius 3 is 2.73 bits per heavy atom. The summed E-state index contributed by atoms with van der Waals surface area (Å²) in [4.78, 5) is 0. The molecule has 1 heteroatoms. The third-order valence-electron chi connectivity index (χ3n) is 3.67. The summed E-state index contributed by atoms with van der Waals surface area (Å²) in [6.45, 7) is 4.47. The summed E-state index contributed by atoms with van der Waals surface area (Å²) >= 11 is 0. The highest BCUT2D eigenvalue weighted by molar-refractivity contribution is 5.25. The molecule has 0 aromatic heterocycles. The molecule has 1 saturated carbocycles. The lowest BCUT2D eigenvalue weighted by molar-refractivity contribution is 0.428. The molecule has 0 heterocycles. The third kappa shape index (κ3) is 2.40. The van der Waals surface area contributed by atoms with Gasteiger partial charge in [0, 0.05) is 6.04 Å². The number of hydrogen-bond donors (Lipinski definition) is 1. The van der Waals surface area contributed by atoms with Gasteiger partial charge in [-0.05, 0) is 37.2 Å². The first-order valence-corrected chi connectivity index (χ1v) is 5.99. The van der Waals surface area contributed by atoms with E-state index in [9.17, 15) is 0 Å². The van der Waals surface area contributed by atoms with Crippen molar-refractivity contribution in [3.05, 3.63) is 35.4 Å². The van der Waals surface area contributed by atoms with Gasteiger partial charge in [0.05, 0.1) is 0 Å². The quantitative estimate of drug-likeness (QED) is 0.783. The molecule has 0 spiro atoms. The van der Waals surface area contributed by atoms with Gasteiger partial charge in [0.15, 0.2) is 0 Å². The van der Waals surface area contributed by atoms with Crippen LogP contribution >= 0.6 is 0 Å². The molecule has 15 heavy (non-hydrogen) atoms. The molecule has 1 aliphatic carbocycles. The van der Waals surface area contributed by atoms with Gasteiger partial charge in [0.25, 0.3) is 0 Å². The Labute approximate surface area is 92.7 Å². The fourth-order valence-corrected chi connectivity index (χ4v) is 2.73. The second-order valence-electron chi connectivity index (χ2n) is 5.12. The molecule has 1 fully saturated rings. The monoisotopic (exact) mass is 203 g/mol. The van der Waals surface area contributed by atoms with Crippen molar-refractivity contribution in [1.29, 1.82) is 0 Å². The topological polar surface area (TPSA) is 26.0 Å². The third-order valence-corrected chi connectivity index (χ3v) is 3.67. The van der Waals surface area contributed by atoms with E-state index in [2.05, 4.69) is 38.1 Å². The van der Waals surface area contributed by atoms with E-state index < -0.39 is 0 Å². The highest BCUT2D eigenvalue weighted by Crippen LogP contribution is 2.37. The van der Waals surface area contributed by atoms with Crippen molar-refractivity contribution < 1.29 is 0 Å². The average molecular weight is 203 g/mol. The smallest absolute Gasteiger partial charge is 0.0323 e. The fraction of sp³-hybridized carbons (Fsp3) is 0.571. The predicted molar refractivity (Wildman–Crippen MR) is 64.6 cm³/mol. The largest absolute Gasteiger partial charge is 0.324 e. The fourth-order valence-electron chi connectivity index (χ4n) is 2.73. The summed E-state index contributed by atoms with van der Waals surface area (Å²) in [5.74, 6) is 1.56. The normalized spacial score (nSPS) is 27.9. The highest BCUT2D eigenvalue weighted by atomic mass is 14.7. The van der Waals surface area contributed by atoms with Crippen LogP contribution in [0.5, 0.6) is 0 Å². The van der Waals surface area contributed by atoms with Crippen LogP contribution in [0.4, 0.5) is 0 Å². The molecule has 0 amide bonds. The van der Waals surface area contributed by atoms with Gasteiger partial charge >= 0.3 is 0 Å². The second kappa shape index (κ2) is 4.36. The van der Waals surface area contributed by atoms with E-state index in [4.69, 9.17) is 5.73 Å². The zero-order chi connectivity index (χ0) is 10.8. The van der Waals surface area contributed by atoms with Gasteiger partial charge in [-0.2, -0.15) is 0 Å². The molecule has 1 aromatic carbocycles.